The Bertz CT molecular complexity index is 1030. The normalized spacial score (nSPS) is 16.3. The number of ether oxygens (including phenoxy) is 1. The molecule has 7 nitrogen and oxygen atoms in total. The number of hydrogen-bond acceptors (Lipinski definition) is 5. The van der Waals surface area contributed by atoms with Gasteiger partial charge in [0, 0.05) is 38.9 Å². The number of anilines is 2. The molecule has 0 aliphatic carbocycles. The molecular weight excluding hydrogens is 459 g/mol. The fourth-order valence-electron chi connectivity index (χ4n) is 4.44. The minimum Gasteiger partial charge on any atom is -0.494 e. The molecule has 0 saturated carbocycles. The van der Waals surface area contributed by atoms with Gasteiger partial charge in [0.05, 0.1) is 18.3 Å². The molecule has 3 N–H and O–H groups in total. The molecule has 1 aliphatic rings. The van der Waals surface area contributed by atoms with Crippen LogP contribution in [0.25, 0.3) is 0 Å². The minimum atomic E-state index is -0.390. The second-order valence-corrected chi connectivity index (χ2v) is 9.91. The molecule has 1 saturated heterocycles. The third kappa shape index (κ3) is 7.20. The van der Waals surface area contributed by atoms with Gasteiger partial charge in [0.25, 0.3) is 5.91 Å². The summed E-state index contributed by atoms with van der Waals surface area (Å²) in [6.45, 7) is 8.10. The summed E-state index contributed by atoms with van der Waals surface area (Å²) >= 11 is 0. The summed E-state index contributed by atoms with van der Waals surface area (Å²) in [4.78, 5) is 28.2. The monoisotopic (exact) mass is 500 g/mol. The van der Waals surface area contributed by atoms with Crippen molar-refractivity contribution in [2.75, 3.05) is 36.5 Å². The summed E-state index contributed by atoms with van der Waals surface area (Å²) in [5.41, 5.74) is 7.03. The van der Waals surface area contributed by atoms with Gasteiger partial charge in [0.1, 0.15) is 11.6 Å². The number of amides is 2. The zero-order valence-electron chi connectivity index (χ0n) is 21.8. The molecule has 1 aliphatic heterocycles. The van der Waals surface area contributed by atoms with Crippen molar-refractivity contribution in [3.05, 3.63) is 53.8 Å². The van der Waals surface area contributed by atoms with E-state index < -0.39 is 0 Å². The van der Waals surface area contributed by atoms with Crippen molar-refractivity contribution in [3.8, 4) is 5.75 Å². The first-order chi connectivity index (χ1) is 17.2. The lowest BCUT2D eigenvalue weighted by molar-refractivity contribution is -0.120. The van der Waals surface area contributed by atoms with Gasteiger partial charge in [-0.3, -0.25) is 9.59 Å². The van der Waals surface area contributed by atoms with E-state index in [0.717, 1.165) is 25.0 Å². The van der Waals surface area contributed by atoms with E-state index in [1.165, 1.54) is 11.0 Å². The van der Waals surface area contributed by atoms with Crippen molar-refractivity contribution >= 4 is 23.2 Å². The molecule has 2 aromatic rings. The van der Waals surface area contributed by atoms with Gasteiger partial charge >= 0.3 is 0 Å². The Balaban J connectivity index is 0.00000481. The zero-order valence-corrected chi connectivity index (χ0v) is 21.8. The van der Waals surface area contributed by atoms with Gasteiger partial charge < -0.3 is 25.6 Å². The SMILES string of the molecule is CCCCOc1ccc(C(=O)N(C)c2ccc(N3CCC(NC(CC(C)C)C(N)=O)C3)c(F)c2)cc1.[HH]. The molecule has 2 atom stereocenters. The van der Waals surface area contributed by atoms with Crippen LogP contribution in [0.1, 0.15) is 58.2 Å². The summed E-state index contributed by atoms with van der Waals surface area (Å²) < 4.78 is 20.8. The molecule has 1 heterocycles. The number of benzene rings is 2. The first kappa shape index (κ1) is 27.5. The van der Waals surface area contributed by atoms with Crippen LogP contribution in [0.4, 0.5) is 15.8 Å². The lowest BCUT2D eigenvalue weighted by Gasteiger charge is -2.24. The number of primary amides is 1. The molecule has 0 aromatic heterocycles. The number of halogens is 1. The maximum atomic E-state index is 15.1. The molecule has 3 rings (SSSR count). The number of carbonyl (C=O) groups is 2. The van der Waals surface area contributed by atoms with Crippen LogP contribution in [0.3, 0.4) is 0 Å². The molecule has 198 valence electrons. The molecule has 8 heteroatoms. The number of nitrogens with one attached hydrogen (secondary N) is 1. The molecule has 0 spiro atoms. The highest BCUT2D eigenvalue weighted by Gasteiger charge is 2.28. The van der Waals surface area contributed by atoms with Crippen LogP contribution in [0.15, 0.2) is 42.5 Å². The van der Waals surface area contributed by atoms with Crippen molar-refractivity contribution in [1.29, 1.82) is 0 Å². The van der Waals surface area contributed by atoms with E-state index in [4.69, 9.17) is 10.5 Å². The molecule has 1 fully saturated rings. The Hall–Kier alpha value is -3.13. The molecule has 0 radical (unpaired) electrons. The quantitative estimate of drug-likeness (QED) is 0.416. The lowest BCUT2D eigenvalue weighted by Crippen LogP contribution is -2.48. The predicted octanol–water partition coefficient (Wildman–Crippen LogP) is 4.60. The van der Waals surface area contributed by atoms with E-state index in [9.17, 15) is 9.59 Å². The Morgan fingerprint density at radius 2 is 1.97 bits per heavy atom. The standard InChI is InChI=1S/C28H39FN4O3.H2/c1-5-6-15-36-23-10-7-20(8-11-23)28(35)32(4)22-9-12-26(24(29)17-22)33-14-13-21(18-33)31-25(27(30)34)16-19(2)3;/h7-12,17,19,21,25,31H,5-6,13-16,18H2,1-4H3,(H2,30,34);1H. The molecule has 0 bridgehead atoms. The third-order valence-electron chi connectivity index (χ3n) is 6.51. The largest absolute Gasteiger partial charge is 0.494 e. The van der Waals surface area contributed by atoms with E-state index >= 15 is 4.39 Å². The third-order valence-corrected chi connectivity index (χ3v) is 6.51. The van der Waals surface area contributed by atoms with Gasteiger partial charge in [-0.2, -0.15) is 0 Å². The summed E-state index contributed by atoms with van der Waals surface area (Å²) in [5, 5.41) is 3.35. The first-order valence-corrected chi connectivity index (χ1v) is 12.8. The summed E-state index contributed by atoms with van der Waals surface area (Å²) in [6, 6.07) is 11.5. The van der Waals surface area contributed by atoms with E-state index in [1.807, 2.05) is 4.90 Å². The fraction of sp³-hybridized carbons (Fsp3) is 0.500. The number of carbonyl (C=O) groups excluding carboxylic acids is 2. The van der Waals surface area contributed by atoms with Crippen LogP contribution in [0, 0.1) is 11.7 Å². The van der Waals surface area contributed by atoms with Crippen LogP contribution in [-0.2, 0) is 4.79 Å². The Kier molecular flexibility index (Phi) is 9.70. The highest BCUT2D eigenvalue weighted by Crippen LogP contribution is 2.28. The Morgan fingerprint density at radius 1 is 1.25 bits per heavy atom. The number of rotatable bonds is 12. The molecule has 2 aromatic carbocycles. The second kappa shape index (κ2) is 12.7. The highest BCUT2D eigenvalue weighted by molar-refractivity contribution is 6.05. The number of unbranched alkanes of at least 4 members (excludes halogenated alkanes) is 1. The van der Waals surface area contributed by atoms with E-state index in [1.54, 1.807) is 43.4 Å². The fourth-order valence-corrected chi connectivity index (χ4v) is 4.44. The highest BCUT2D eigenvalue weighted by atomic mass is 19.1. The van der Waals surface area contributed by atoms with Gasteiger partial charge in [0.15, 0.2) is 0 Å². The topological polar surface area (TPSA) is 87.9 Å². The predicted molar refractivity (Wildman–Crippen MR) is 144 cm³/mol. The van der Waals surface area contributed by atoms with Crippen molar-refractivity contribution in [2.24, 2.45) is 11.7 Å². The zero-order chi connectivity index (χ0) is 26.2. The summed E-state index contributed by atoms with van der Waals surface area (Å²) in [6.07, 6.45) is 3.50. The lowest BCUT2D eigenvalue weighted by atomic mass is 10.0. The average molecular weight is 501 g/mol. The minimum absolute atomic E-state index is 0. The van der Waals surface area contributed by atoms with Crippen LogP contribution in [0.2, 0.25) is 0 Å². The maximum Gasteiger partial charge on any atom is 0.258 e. The van der Waals surface area contributed by atoms with Crippen molar-refractivity contribution in [2.45, 2.75) is 58.5 Å². The second-order valence-electron chi connectivity index (χ2n) is 9.91. The van der Waals surface area contributed by atoms with Crippen LogP contribution in [0.5, 0.6) is 5.75 Å². The number of hydrogen-bond donors (Lipinski definition) is 2. The molecular formula is C28H41FN4O3. The Labute approximate surface area is 215 Å². The van der Waals surface area contributed by atoms with Gasteiger partial charge in [-0.05, 0) is 67.6 Å². The van der Waals surface area contributed by atoms with Gasteiger partial charge in [-0.25, -0.2) is 4.39 Å². The summed E-state index contributed by atoms with van der Waals surface area (Å²) in [5.74, 6) is 0.0950. The van der Waals surface area contributed by atoms with E-state index in [2.05, 4.69) is 26.1 Å². The van der Waals surface area contributed by atoms with Crippen LogP contribution < -0.4 is 25.6 Å². The summed E-state index contributed by atoms with van der Waals surface area (Å²) in [7, 11) is 1.64. The number of nitrogens with two attached hydrogens (primary N) is 1. The molecule has 2 unspecified atom stereocenters. The molecule has 36 heavy (non-hydrogen) atoms. The van der Waals surface area contributed by atoms with Crippen LogP contribution >= 0.6 is 0 Å². The van der Waals surface area contributed by atoms with Crippen molar-refractivity contribution < 1.29 is 20.1 Å². The van der Waals surface area contributed by atoms with Crippen molar-refractivity contribution in [3.63, 3.8) is 0 Å². The maximum absolute atomic E-state index is 15.1. The number of nitrogens with zero attached hydrogens (tertiary/aromatic N) is 2. The van der Waals surface area contributed by atoms with Gasteiger partial charge in [-0.15, -0.1) is 0 Å². The smallest absolute Gasteiger partial charge is 0.258 e. The first-order valence-electron chi connectivity index (χ1n) is 12.8. The average Bonchev–Trinajstić information content (AvgIpc) is 3.31. The molecule has 2 amide bonds. The van der Waals surface area contributed by atoms with E-state index in [-0.39, 0.29) is 31.1 Å². The van der Waals surface area contributed by atoms with Gasteiger partial charge in [-0.1, -0.05) is 27.2 Å². The van der Waals surface area contributed by atoms with Crippen molar-refractivity contribution in [1.82, 2.24) is 5.32 Å². The van der Waals surface area contributed by atoms with E-state index in [0.29, 0.717) is 49.0 Å². The van der Waals surface area contributed by atoms with Gasteiger partial charge in [0.2, 0.25) is 5.91 Å². The Morgan fingerprint density at radius 3 is 2.58 bits per heavy atom. The van der Waals surface area contributed by atoms with Crippen LogP contribution in [-0.4, -0.2) is 50.6 Å².